The molecule has 0 aliphatic carbocycles. The van der Waals surface area contributed by atoms with Crippen LogP contribution in [0.1, 0.15) is 0 Å². The van der Waals surface area contributed by atoms with Gasteiger partial charge in [0, 0.05) is 42.8 Å². The summed E-state index contributed by atoms with van der Waals surface area (Å²) in [5, 5.41) is 14.7. The van der Waals surface area contributed by atoms with Crippen molar-refractivity contribution in [2.45, 2.75) is 11.7 Å². The Balaban J connectivity index is 1.42. The lowest BCUT2D eigenvalue weighted by atomic mass is 10.2. The van der Waals surface area contributed by atoms with E-state index < -0.39 is 0 Å². The molecule has 0 aliphatic heterocycles. The van der Waals surface area contributed by atoms with Crippen molar-refractivity contribution in [3.8, 4) is 22.6 Å². The van der Waals surface area contributed by atoms with Gasteiger partial charge in [0.15, 0.2) is 16.1 Å². The second kappa shape index (κ2) is 10.5. The lowest BCUT2D eigenvalue weighted by Crippen LogP contribution is -2.14. The number of hydrogen-bond acceptors (Lipinski definition) is 7. The van der Waals surface area contributed by atoms with Crippen molar-refractivity contribution in [2.75, 3.05) is 30.1 Å². The molecule has 168 valence electrons. The lowest BCUT2D eigenvalue weighted by molar-refractivity contribution is -0.113. The fourth-order valence-electron chi connectivity index (χ4n) is 3.17. The van der Waals surface area contributed by atoms with E-state index in [9.17, 15) is 4.79 Å². The van der Waals surface area contributed by atoms with Crippen molar-refractivity contribution in [2.24, 2.45) is 0 Å². The van der Waals surface area contributed by atoms with Gasteiger partial charge in [-0.3, -0.25) is 9.36 Å². The number of amides is 1. The van der Waals surface area contributed by atoms with Gasteiger partial charge in [0.25, 0.3) is 0 Å². The molecule has 9 heteroatoms. The van der Waals surface area contributed by atoms with E-state index in [0.717, 1.165) is 28.3 Å². The number of aromatic nitrogens is 4. The first-order chi connectivity index (χ1) is 16.0. The third kappa shape index (κ3) is 5.50. The summed E-state index contributed by atoms with van der Waals surface area (Å²) in [4.78, 5) is 19.1. The van der Waals surface area contributed by atoms with Crippen LogP contribution in [0.15, 0.2) is 77.8 Å². The summed E-state index contributed by atoms with van der Waals surface area (Å²) in [6.45, 7) is 4.40. The number of rotatable bonds is 9. The number of allylic oxidation sites excluding steroid dienone is 1. The van der Waals surface area contributed by atoms with Gasteiger partial charge in [-0.2, -0.15) is 0 Å². The summed E-state index contributed by atoms with van der Waals surface area (Å²) < 4.78 is 1.96. The Kier molecular flexibility index (Phi) is 7.21. The van der Waals surface area contributed by atoms with E-state index in [1.54, 1.807) is 6.08 Å². The maximum atomic E-state index is 12.5. The van der Waals surface area contributed by atoms with E-state index in [4.69, 9.17) is 0 Å². The molecule has 2 aromatic carbocycles. The number of thioether (sulfide) groups is 1. The Morgan fingerprint density at radius 3 is 2.58 bits per heavy atom. The highest BCUT2D eigenvalue weighted by Gasteiger charge is 2.16. The molecule has 0 saturated carbocycles. The molecular weight excluding hydrogens is 452 g/mol. The minimum atomic E-state index is -0.140. The first kappa shape index (κ1) is 22.8. The first-order valence-corrected chi connectivity index (χ1v) is 12.2. The quantitative estimate of drug-likeness (QED) is 0.269. The Labute approximate surface area is 201 Å². The number of anilines is 2. The molecule has 2 heterocycles. The van der Waals surface area contributed by atoms with Gasteiger partial charge >= 0.3 is 0 Å². The summed E-state index contributed by atoms with van der Waals surface area (Å²) >= 11 is 2.75. The van der Waals surface area contributed by atoms with Crippen LogP contribution in [0.4, 0.5) is 10.8 Å². The predicted molar refractivity (Wildman–Crippen MR) is 137 cm³/mol. The second-order valence-corrected chi connectivity index (χ2v) is 9.19. The minimum absolute atomic E-state index is 0.140. The molecule has 0 unspecified atom stereocenters. The van der Waals surface area contributed by atoms with Crippen LogP contribution >= 0.6 is 23.1 Å². The third-order valence-corrected chi connectivity index (χ3v) is 6.55. The lowest BCUT2D eigenvalue weighted by Gasteiger charge is -2.13. The standard InChI is InChI=1S/C24H24N6OS2/c1-4-14-30-22(18-10-12-19(13-11-18)29(2)3)27-28-24(30)33-16-21(31)26-23-25-20(15-32-23)17-8-6-5-7-9-17/h4-13,15H,1,14,16H2,2-3H3,(H,25,26,31). The highest BCUT2D eigenvalue weighted by molar-refractivity contribution is 7.99. The van der Waals surface area contributed by atoms with Crippen LogP contribution in [0.2, 0.25) is 0 Å². The molecule has 1 amide bonds. The SMILES string of the molecule is C=CCn1c(SCC(=O)Nc2nc(-c3ccccc3)cs2)nnc1-c1ccc(N(C)C)cc1. The number of carbonyl (C=O) groups is 1. The maximum Gasteiger partial charge on any atom is 0.236 e. The number of benzene rings is 2. The number of carbonyl (C=O) groups excluding carboxylic acids is 1. The van der Waals surface area contributed by atoms with Crippen LogP contribution in [0.5, 0.6) is 0 Å². The molecule has 0 fully saturated rings. The molecule has 4 rings (SSSR count). The Hall–Kier alpha value is -3.43. The van der Waals surface area contributed by atoms with Gasteiger partial charge in [-0.05, 0) is 24.3 Å². The molecule has 0 radical (unpaired) electrons. The molecule has 0 bridgehead atoms. The number of nitrogens with one attached hydrogen (secondary N) is 1. The van der Waals surface area contributed by atoms with Gasteiger partial charge in [0.1, 0.15) is 0 Å². The molecule has 33 heavy (non-hydrogen) atoms. The fraction of sp³-hybridized carbons (Fsp3) is 0.167. The zero-order chi connectivity index (χ0) is 23.2. The summed E-state index contributed by atoms with van der Waals surface area (Å²) in [6, 6.07) is 18.0. The Morgan fingerprint density at radius 1 is 1.12 bits per heavy atom. The number of hydrogen-bond donors (Lipinski definition) is 1. The van der Waals surface area contributed by atoms with Crippen molar-refractivity contribution < 1.29 is 4.79 Å². The second-order valence-electron chi connectivity index (χ2n) is 7.39. The van der Waals surface area contributed by atoms with Crippen LogP contribution in [-0.4, -0.2) is 45.5 Å². The number of thiazole rings is 1. The van der Waals surface area contributed by atoms with Crippen LogP contribution in [0.25, 0.3) is 22.6 Å². The van der Waals surface area contributed by atoms with E-state index >= 15 is 0 Å². The van der Waals surface area contributed by atoms with Crippen LogP contribution in [0.3, 0.4) is 0 Å². The van der Waals surface area contributed by atoms with Crippen LogP contribution in [0, 0.1) is 0 Å². The first-order valence-electron chi connectivity index (χ1n) is 10.3. The van der Waals surface area contributed by atoms with Crippen molar-refractivity contribution in [1.29, 1.82) is 0 Å². The van der Waals surface area contributed by atoms with Crippen molar-refractivity contribution in [3.63, 3.8) is 0 Å². The summed E-state index contributed by atoms with van der Waals surface area (Å²) in [5.74, 6) is 0.810. The molecule has 4 aromatic rings. The smallest absolute Gasteiger partial charge is 0.236 e. The summed E-state index contributed by atoms with van der Waals surface area (Å²) in [7, 11) is 4.01. The van der Waals surface area contributed by atoms with Gasteiger partial charge in [-0.1, -0.05) is 48.2 Å². The molecule has 1 N–H and O–H groups in total. The average Bonchev–Trinajstić information content (AvgIpc) is 3.46. The normalized spacial score (nSPS) is 10.7. The van der Waals surface area contributed by atoms with Crippen molar-refractivity contribution >= 4 is 39.8 Å². The van der Waals surface area contributed by atoms with E-state index in [1.807, 2.05) is 83.5 Å². The topological polar surface area (TPSA) is 75.9 Å². The monoisotopic (exact) mass is 476 g/mol. The van der Waals surface area contributed by atoms with Gasteiger partial charge in [-0.15, -0.1) is 28.1 Å². The maximum absolute atomic E-state index is 12.5. The van der Waals surface area contributed by atoms with E-state index in [2.05, 4.69) is 27.1 Å². The molecule has 0 aliphatic rings. The molecular formula is C24H24N6OS2. The largest absolute Gasteiger partial charge is 0.378 e. The molecule has 2 aromatic heterocycles. The molecule has 0 atom stereocenters. The van der Waals surface area contributed by atoms with E-state index in [-0.39, 0.29) is 11.7 Å². The van der Waals surface area contributed by atoms with Crippen molar-refractivity contribution in [3.05, 3.63) is 72.6 Å². The summed E-state index contributed by atoms with van der Waals surface area (Å²) in [6.07, 6.45) is 1.80. The predicted octanol–water partition coefficient (Wildman–Crippen LogP) is 5.05. The van der Waals surface area contributed by atoms with Gasteiger partial charge in [0.05, 0.1) is 11.4 Å². The Bertz CT molecular complexity index is 1230. The summed E-state index contributed by atoms with van der Waals surface area (Å²) in [5.41, 5.74) is 3.94. The van der Waals surface area contributed by atoms with Gasteiger partial charge in [0.2, 0.25) is 5.91 Å². The fourth-order valence-corrected chi connectivity index (χ4v) is 4.65. The van der Waals surface area contributed by atoms with Crippen LogP contribution in [-0.2, 0) is 11.3 Å². The zero-order valence-corrected chi connectivity index (χ0v) is 20.1. The van der Waals surface area contributed by atoms with Gasteiger partial charge in [-0.25, -0.2) is 4.98 Å². The van der Waals surface area contributed by atoms with Crippen molar-refractivity contribution in [1.82, 2.24) is 19.7 Å². The Morgan fingerprint density at radius 2 is 1.88 bits per heavy atom. The van der Waals surface area contributed by atoms with Crippen LogP contribution < -0.4 is 10.2 Å². The highest BCUT2D eigenvalue weighted by Crippen LogP contribution is 2.27. The van der Waals surface area contributed by atoms with E-state index in [0.29, 0.717) is 16.8 Å². The number of nitrogens with zero attached hydrogens (tertiary/aromatic N) is 5. The average molecular weight is 477 g/mol. The molecule has 7 nitrogen and oxygen atoms in total. The molecule has 0 spiro atoms. The third-order valence-electron chi connectivity index (χ3n) is 4.82. The van der Waals surface area contributed by atoms with Gasteiger partial charge < -0.3 is 10.2 Å². The molecule has 0 saturated heterocycles. The van der Waals surface area contributed by atoms with E-state index in [1.165, 1.54) is 23.1 Å². The highest BCUT2D eigenvalue weighted by atomic mass is 32.2. The zero-order valence-electron chi connectivity index (χ0n) is 18.4. The minimum Gasteiger partial charge on any atom is -0.378 e.